The lowest BCUT2D eigenvalue weighted by Gasteiger charge is -2.18. The molecule has 3 rings (SSSR count). The number of nitrogens with zero attached hydrogens (tertiary/aromatic N) is 1. The number of methoxy groups -OCH3 is 1. The first-order chi connectivity index (χ1) is 11.8. The molecule has 0 aliphatic carbocycles. The summed E-state index contributed by atoms with van der Waals surface area (Å²) in [7, 11) is 1.62. The van der Waals surface area contributed by atoms with E-state index in [4.69, 9.17) is 14.2 Å². The van der Waals surface area contributed by atoms with Gasteiger partial charge in [0, 0.05) is 24.6 Å². The second-order valence-corrected chi connectivity index (χ2v) is 5.97. The highest BCUT2D eigenvalue weighted by Gasteiger charge is 2.14. The lowest BCUT2D eigenvalue weighted by molar-refractivity contribution is -0.115. The van der Waals surface area contributed by atoms with Crippen LogP contribution in [0.4, 0.5) is 5.13 Å². The van der Waals surface area contributed by atoms with Crippen LogP contribution in [0.5, 0.6) is 11.5 Å². The molecule has 136 valence electrons. The van der Waals surface area contributed by atoms with E-state index in [1.165, 1.54) is 11.3 Å². The molecular weight excluding hydrogens is 366 g/mol. The third-order valence-electron chi connectivity index (χ3n) is 3.36. The van der Waals surface area contributed by atoms with E-state index in [0.717, 1.165) is 22.8 Å². The van der Waals surface area contributed by atoms with Crippen molar-refractivity contribution >= 4 is 34.8 Å². The minimum atomic E-state index is -0.130. The van der Waals surface area contributed by atoms with E-state index in [1.807, 2.05) is 23.6 Å². The van der Waals surface area contributed by atoms with Crippen LogP contribution in [0.3, 0.4) is 0 Å². The van der Waals surface area contributed by atoms with Crippen molar-refractivity contribution in [2.24, 2.45) is 0 Å². The number of carbonyl (C=O) groups is 1. The smallest absolute Gasteiger partial charge is 0.240 e. The van der Waals surface area contributed by atoms with Crippen LogP contribution >= 0.6 is 23.7 Å². The van der Waals surface area contributed by atoms with Crippen molar-refractivity contribution in [2.75, 3.05) is 45.3 Å². The number of carbonyl (C=O) groups excluding carboxylic acids is 1. The number of rotatable bonds is 7. The molecule has 0 spiro atoms. The van der Waals surface area contributed by atoms with Gasteiger partial charge in [-0.3, -0.25) is 4.79 Å². The highest BCUT2D eigenvalue weighted by molar-refractivity contribution is 7.14. The number of hydrogen-bond acceptors (Lipinski definition) is 7. The molecule has 0 radical (unpaired) electrons. The maximum Gasteiger partial charge on any atom is 0.240 e. The summed E-state index contributed by atoms with van der Waals surface area (Å²) in [6, 6.07) is 5.71. The number of aromatic nitrogens is 1. The third kappa shape index (κ3) is 5.30. The van der Waals surface area contributed by atoms with Crippen LogP contribution in [-0.2, 0) is 9.53 Å². The molecule has 0 saturated heterocycles. The fourth-order valence-corrected chi connectivity index (χ4v) is 2.94. The first kappa shape index (κ1) is 19.5. The van der Waals surface area contributed by atoms with Crippen LogP contribution in [0.15, 0.2) is 23.6 Å². The Morgan fingerprint density at radius 3 is 2.92 bits per heavy atom. The molecule has 25 heavy (non-hydrogen) atoms. The summed E-state index contributed by atoms with van der Waals surface area (Å²) in [5, 5.41) is 8.24. The van der Waals surface area contributed by atoms with Crippen molar-refractivity contribution in [2.45, 2.75) is 0 Å². The summed E-state index contributed by atoms with van der Waals surface area (Å²) in [6.07, 6.45) is 0. The normalized spacial score (nSPS) is 12.4. The second-order valence-electron chi connectivity index (χ2n) is 5.11. The van der Waals surface area contributed by atoms with Crippen LogP contribution in [0, 0.1) is 0 Å². The molecule has 0 fully saturated rings. The van der Waals surface area contributed by atoms with Crippen LogP contribution in [0.2, 0.25) is 0 Å². The molecule has 0 atom stereocenters. The number of hydrogen-bond donors (Lipinski definition) is 2. The molecule has 0 bridgehead atoms. The van der Waals surface area contributed by atoms with Crippen LogP contribution in [-0.4, -0.2) is 50.9 Å². The van der Waals surface area contributed by atoms with Gasteiger partial charge in [-0.15, -0.1) is 23.7 Å². The number of thiazole rings is 1. The van der Waals surface area contributed by atoms with E-state index in [2.05, 4.69) is 15.6 Å². The maximum absolute atomic E-state index is 11.8. The molecule has 2 N–H and O–H groups in total. The lowest BCUT2D eigenvalue weighted by Crippen LogP contribution is -2.30. The predicted octanol–water partition coefficient (Wildman–Crippen LogP) is 2.18. The summed E-state index contributed by atoms with van der Waals surface area (Å²) in [4.78, 5) is 16.3. The molecule has 7 nitrogen and oxygen atoms in total. The number of nitrogens with one attached hydrogen (secondary N) is 2. The Hall–Kier alpha value is -1.87. The second kappa shape index (κ2) is 9.57. The van der Waals surface area contributed by atoms with Gasteiger partial charge in [-0.1, -0.05) is 0 Å². The average Bonchev–Trinajstić information content (AvgIpc) is 3.07. The van der Waals surface area contributed by atoms with Gasteiger partial charge in [0.2, 0.25) is 5.91 Å². The van der Waals surface area contributed by atoms with E-state index < -0.39 is 0 Å². The Labute approximate surface area is 156 Å². The SMILES string of the molecule is COCCNCC(=O)Nc1nc(-c2ccc3c(c2)OCCO3)cs1.Cl. The van der Waals surface area contributed by atoms with Gasteiger partial charge in [-0.2, -0.15) is 0 Å². The van der Waals surface area contributed by atoms with Crippen molar-refractivity contribution in [3.05, 3.63) is 23.6 Å². The van der Waals surface area contributed by atoms with Gasteiger partial charge in [0.15, 0.2) is 16.6 Å². The third-order valence-corrected chi connectivity index (χ3v) is 4.11. The molecule has 9 heteroatoms. The van der Waals surface area contributed by atoms with Crippen LogP contribution in [0.1, 0.15) is 0 Å². The largest absolute Gasteiger partial charge is 0.486 e. The minimum absolute atomic E-state index is 0. The zero-order valence-electron chi connectivity index (χ0n) is 13.7. The molecule has 2 heterocycles. The van der Waals surface area contributed by atoms with E-state index in [0.29, 0.717) is 31.5 Å². The number of halogens is 1. The van der Waals surface area contributed by atoms with Crippen molar-refractivity contribution in [3.63, 3.8) is 0 Å². The fraction of sp³-hybridized carbons (Fsp3) is 0.375. The van der Waals surface area contributed by atoms with Gasteiger partial charge in [0.25, 0.3) is 0 Å². The fourth-order valence-electron chi connectivity index (χ4n) is 2.21. The maximum atomic E-state index is 11.8. The highest BCUT2D eigenvalue weighted by atomic mass is 35.5. The first-order valence-corrected chi connectivity index (χ1v) is 8.49. The average molecular weight is 386 g/mol. The van der Waals surface area contributed by atoms with E-state index in [9.17, 15) is 4.79 Å². The van der Waals surface area contributed by atoms with E-state index in [-0.39, 0.29) is 24.9 Å². The summed E-state index contributed by atoms with van der Waals surface area (Å²) in [6.45, 7) is 2.54. The van der Waals surface area contributed by atoms with E-state index >= 15 is 0 Å². The van der Waals surface area contributed by atoms with Gasteiger partial charge < -0.3 is 24.8 Å². The topological polar surface area (TPSA) is 81.7 Å². The van der Waals surface area contributed by atoms with Crippen molar-refractivity contribution < 1.29 is 19.0 Å². The summed E-state index contributed by atoms with van der Waals surface area (Å²) in [5.41, 5.74) is 1.72. The molecular formula is C16H20ClN3O4S. The zero-order valence-corrected chi connectivity index (χ0v) is 15.4. The van der Waals surface area contributed by atoms with Gasteiger partial charge >= 0.3 is 0 Å². The number of fused-ring (bicyclic) bond motifs is 1. The van der Waals surface area contributed by atoms with Gasteiger partial charge in [-0.05, 0) is 18.2 Å². The monoisotopic (exact) mass is 385 g/mol. The Balaban J connectivity index is 0.00000225. The molecule has 0 saturated carbocycles. The van der Waals surface area contributed by atoms with E-state index in [1.54, 1.807) is 7.11 Å². The highest BCUT2D eigenvalue weighted by Crippen LogP contribution is 2.35. The van der Waals surface area contributed by atoms with Crippen LogP contribution < -0.4 is 20.1 Å². The lowest BCUT2D eigenvalue weighted by atomic mass is 10.1. The van der Waals surface area contributed by atoms with Crippen molar-refractivity contribution in [1.82, 2.24) is 10.3 Å². The molecule has 1 amide bonds. The number of anilines is 1. The number of ether oxygens (including phenoxy) is 3. The molecule has 0 unspecified atom stereocenters. The van der Waals surface area contributed by atoms with Crippen LogP contribution in [0.25, 0.3) is 11.3 Å². The first-order valence-electron chi connectivity index (χ1n) is 7.61. The molecule has 1 aliphatic heterocycles. The molecule has 1 aromatic heterocycles. The minimum Gasteiger partial charge on any atom is -0.486 e. The Bertz CT molecular complexity index is 710. The summed E-state index contributed by atoms with van der Waals surface area (Å²) < 4.78 is 16.0. The molecule has 1 aromatic carbocycles. The predicted molar refractivity (Wildman–Crippen MR) is 99.2 cm³/mol. The number of amides is 1. The van der Waals surface area contributed by atoms with Gasteiger partial charge in [0.05, 0.1) is 18.8 Å². The quantitative estimate of drug-likeness (QED) is 0.711. The zero-order chi connectivity index (χ0) is 16.8. The summed E-state index contributed by atoms with van der Waals surface area (Å²) >= 11 is 1.39. The Kier molecular flexibility index (Phi) is 7.45. The standard InChI is InChI=1S/C16H19N3O4S.ClH/c1-21-5-4-17-9-15(20)19-16-18-12(10-24-16)11-2-3-13-14(8-11)23-7-6-22-13;/h2-3,8,10,17H,4-7,9H2,1H3,(H,18,19,20);1H. The van der Waals surface area contributed by atoms with Crippen molar-refractivity contribution in [3.8, 4) is 22.8 Å². The Morgan fingerprint density at radius 1 is 1.32 bits per heavy atom. The summed E-state index contributed by atoms with van der Waals surface area (Å²) in [5.74, 6) is 1.34. The van der Waals surface area contributed by atoms with Gasteiger partial charge in [0.1, 0.15) is 13.2 Å². The Morgan fingerprint density at radius 2 is 2.12 bits per heavy atom. The molecule has 2 aromatic rings. The van der Waals surface area contributed by atoms with Gasteiger partial charge in [-0.25, -0.2) is 4.98 Å². The molecule has 1 aliphatic rings. The van der Waals surface area contributed by atoms with Crippen molar-refractivity contribution in [1.29, 1.82) is 0 Å². The number of benzene rings is 1.